The molecule has 172 valence electrons. The predicted octanol–water partition coefficient (Wildman–Crippen LogP) is 5.22. The molecule has 0 radical (unpaired) electrons. The Morgan fingerprint density at radius 1 is 1.09 bits per heavy atom. The van der Waals surface area contributed by atoms with E-state index in [-0.39, 0.29) is 23.8 Å². The summed E-state index contributed by atoms with van der Waals surface area (Å²) >= 11 is 0. The highest BCUT2D eigenvalue weighted by Crippen LogP contribution is 2.37. The Bertz CT molecular complexity index is 1370. The van der Waals surface area contributed by atoms with Gasteiger partial charge in [-0.2, -0.15) is 0 Å². The Morgan fingerprint density at radius 2 is 1.94 bits per heavy atom. The van der Waals surface area contributed by atoms with Crippen LogP contribution in [0.5, 0.6) is 23.1 Å². The van der Waals surface area contributed by atoms with Crippen molar-refractivity contribution in [1.29, 1.82) is 0 Å². The van der Waals surface area contributed by atoms with Gasteiger partial charge in [-0.15, -0.1) is 0 Å². The minimum absolute atomic E-state index is 0.0361. The Morgan fingerprint density at radius 3 is 2.76 bits per heavy atom. The van der Waals surface area contributed by atoms with Crippen LogP contribution in [-0.2, 0) is 0 Å². The van der Waals surface area contributed by atoms with Gasteiger partial charge in [0.2, 0.25) is 5.88 Å². The number of likely N-dealkylation sites (tertiary alicyclic amines) is 1. The van der Waals surface area contributed by atoms with Crippen LogP contribution in [-0.4, -0.2) is 53.2 Å². The topological polar surface area (TPSA) is 72.5 Å². The zero-order valence-electron chi connectivity index (χ0n) is 20.7. The van der Waals surface area contributed by atoms with Crippen molar-refractivity contribution in [2.24, 2.45) is 0 Å². The van der Waals surface area contributed by atoms with Crippen LogP contribution in [0.4, 0.5) is 4.39 Å². The second-order valence-corrected chi connectivity index (χ2v) is 8.14. The van der Waals surface area contributed by atoms with Crippen molar-refractivity contribution < 1.29 is 21.3 Å². The van der Waals surface area contributed by atoms with E-state index < -0.39 is 12.4 Å². The number of aromatic nitrogens is 3. The molecular weight excluding hydrogens is 423 g/mol. The highest BCUT2D eigenvalue weighted by atomic mass is 19.1. The summed E-state index contributed by atoms with van der Waals surface area (Å²) in [6.07, 6.45) is 3.84. The number of fused-ring (bicyclic) bond motifs is 2. The quantitative estimate of drug-likeness (QED) is 0.395. The summed E-state index contributed by atoms with van der Waals surface area (Å²) < 4.78 is 48.8. The van der Waals surface area contributed by atoms with Crippen LogP contribution in [0.2, 0.25) is 0 Å². The van der Waals surface area contributed by atoms with Crippen molar-refractivity contribution in [2.75, 3.05) is 33.3 Å². The second kappa shape index (κ2) is 9.23. The van der Waals surface area contributed by atoms with Crippen LogP contribution < -0.4 is 14.2 Å². The number of aromatic amines is 1. The Labute approximate surface area is 194 Å². The lowest BCUT2D eigenvalue weighted by Gasteiger charge is -2.16. The molecule has 0 unspecified atom stereocenters. The molecule has 1 saturated heterocycles. The number of methoxy groups -OCH3 is 1. The smallest absolute Gasteiger partial charge is 0.230 e. The number of halogens is 1. The minimum Gasteiger partial charge on any atom is -0.493 e. The summed E-state index contributed by atoms with van der Waals surface area (Å²) in [6, 6.07) is 8.23. The highest BCUT2D eigenvalue weighted by molar-refractivity contribution is 5.87. The zero-order valence-corrected chi connectivity index (χ0v) is 18.7. The molecule has 1 fully saturated rings. The minimum atomic E-state index is -1.89. The van der Waals surface area contributed by atoms with Gasteiger partial charge in [-0.1, -0.05) is 0 Å². The average molecular weight is 453 g/mol. The fourth-order valence-electron chi connectivity index (χ4n) is 4.17. The summed E-state index contributed by atoms with van der Waals surface area (Å²) in [6.45, 7) is 2.58. The fraction of sp³-hybridized carbons (Fsp3) is 0.360. The van der Waals surface area contributed by atoms with E-state index in [4.69, 9.17) is 17.0 Å². The van der Waals surface area contributed by atoms with Gasteiger partial charge in [0.15, 0.2) is 23.1 Å². The van der Waals surface area contributed by atoms with Gasteiger partial charge in [-0.25, -0.2) is 14.4 Å². The predicted molar refractivity (Wildman–Crippen MR) is 125 cm³/mol. The molecule has 0 spiro atoms. The van der Waals surface area contributed by atoms with Crippen LogP contribution >= 0.6 is 0 Å². The van der Waals surface area contributed by atoms with Crippen LogP contribution in [0.3, 0.4) is 0 Å². The Hall–Kier alpha value is -3.39. The van der Waals surface area contributed by atoms with E-state index in [1.165, 1.54) is 13.4 Å². The average Bonchev–Trinajstić information content (AvgIpc) is 3.48. The van der Waals surface area contributed by atoms with Gasteiger partial charge in [0.1, 0.15) is 6.33 Å². The van der Waals surface area contributed by atoms with E-state index in [1.54, 1.807) is 30.3 Å². The normalized spacial score (nSPS) is 15.6. The molecule has 0 saturated carbocycles. The summed E-state index contributed by atoms with van der Waals surface area (Å²) in [7, 11) is 1.47. The Balaban J connectivity index is 1.43. The highest BCUT2D eigenvalue weighted by Gasteiger charge is 2.17. The number of rotatable bonds is 8. The summed E-state index contributed by atoms with van der Waals surface area (Å²) in [5, 5.41) is 0.918. The monoisotopic (exact) mass is 452 g/mol. The molecule has 33 heavy (non-hydrogen) atoms. The number of H-pyrrole nitrogens is 1. The van der Waals surface area contributed by atoms with Gasteiger partial charge >= 0.3 is 0 Å². The molecule has 4 aromatic rings. The number of nitrogens with zero attached hydrogens (tertiary/aromatic N) is 3. The van der Waals surface area contributed by atoms with Crippen molar-refractivity contribution in [1.82, 2.24) is 19.9 Å². The number of hydrogen-bond donors (Lipinski definition) is 1. The van der Waals surface area contributed by atoms with Gasteiger partial charge < -0.3 is 24.1 Å². The summed E-state index contributed by atoms with van der Waals surface area (Å²) in [4.78, 5) is 13.8. The zero-order chi connectivity index (χ0) is 24.6. The molecule has 2 aromatic heterocycles. The number of ether oxygens (including phenoxy) is 3. The van der Waals surface area contributed by atoms with E-state index in [0.29, 0.717) is 34.1 Å². The third kappa shape index (κ3) is 4.43. The third-order valence-electron chi connectivity index (χ3n) is 5.84. The van der Waals surface area contributed by atoms with Crippen molar-refractivity contribution in [3.63, 3.8) is 0 Å². The maximum atomic E-state index is 15.1. The van der Waals surface area contributed by atoms with Crippen molar-refractivity contribution >= 4 is 21.8 Å². The van der Waals surface area contributed by atoms with E-state index in [9.17, 15) is 0 Å². The SMILES string of the molecule is [2H]C([2H])(CCN1CCCC1)Oc1cc2ncnc(Oc3ccc4[nH]c(C)cc4c3F)c2cc1OC. The molecule has 5 rings (SSSR count). The molecule has 3 heterocycles. The first kappa shape index (κ1) is 19.1. The molecule has 0 bridgehead atoms. The molecule has 7 nitrogen and oxygen atoms in total. The fourth-order valence-corrected chi connectivity index (χ4v) is 4.17. The molecule has 1 N–H and O–H groups in total. The standard InChI is InChI=1S/C25H27FN4O3/c1-16-12-17-19(29-16)6-7-21(24(17)26)33-25-18-13-22(31-2)23(14-20(18)27-15-28-25)32-11-5-10-30-8-3-4-9-30/h6-7,12-15,29H,3-5,8-11H2,1-2H3/i11D2. The van der Waals surface area contributed by atoms with Gasteiger partial charge in [-0.05, 0) is 63.5 Å². The lowest BCUT2D eigenvalue weighted by Crippen LogP contribution is -2.21. The van der Waals surface area contributed by atoms with Crippen LogP contribution in [0.15, 0.2) is 36.7 Å². The molecule has 0 aliphatic carbocycles. The molecular formula is C25H27FN4O3. The van der Waals surface area contributed by atoms with Gasteiger partial charge in [0.05, 0.1) is 27.3 Å². The van der Waals surface area contributed by atoms with Crippen LogP contribution in [0.1, 0.15) is 27.7 Å². The Kier molecular flexibility index (Phi) is 5.35. The summed E-state index contributed by atoms with van der Waals surface area (Å²) in [5.74, 6) is 0.235. The molecule has 1 aliphatic heterocycles. The largest absolute Gasteiger partial charge is 0.493 e. The van der Waals surface area contributed by atoms with Gasteiger partial charge in [0.25, 0.3) is 0 Å². The number of aryl methyl sites for hydroxylation is 1. The van der Waals surface area contributed by atoms with Crippen molar-refractivity contribution in [3.05, 3.63) is 48.2 Å². The van der Waals surface area contributed by atoms with Gasteiger partial charge in [0, 0.05) is 29.2 Å². The van der Waals surface area contributed by atoms with Crippen molar-refractivity contribution in [2.45, 2.75) is 26.2 Å². The first-order valence-electron chi connectivity index (χ1n) is 12.0. The molecule has 8 heteroatoms. The van der Waals surface area contributed by atoms with Crippen LogP contribution in [0, 0.1) is 12.7 Å². The molecule has 0 amide bonds. The lowest BCUT2D eigenvalue weighted by molar-refractivity contribution is 0.254. The van der Waals surface area contributed by atoms with E-state index in [1.807, 2.05) is 6.92 Å². The molecule has 2 aromatic carbocycles. The number of nitrogens with one attached hydrogen (secondary N) is 1. The number of benzene rings is 2. The summed E-state index contributed by atoms with van der Waals surface area (Å²) in [5.41, 5.74) is 1.99. The van der Waals surface area contributed by atoms with E-state index in [2.05, 4.69) is 19.9 Å². The maximum absolute atomic E-state index is 15.1. The lowest BCUT2D eigenvalue weighted by atomic mass is 10.2. The first-order valence-corrected chi connectivity index (χ1v) is 11.0. The van der Waals surface area contributed by atoms with Gasteiger partial charge in [-0.3, -0.25) is 0 Å². The van der Waals surface area contributed by atoms with E-state index >= 15 is 4.39 Å². The maximum Gasteiger partial charge on any atom is 0.230 e. The second-order valence-electron chi connectivity index (χ2n) is 8.14. The molecule has 1 aliphatic rings. The first-order chi connectivity index (χ1) is 16.8. The van der Waals surface area contributed by atoms with Crippen molar-refractivity contribution in [3.8, 4) is 23.1 Å². The third-order valence-corrected chi connectivity index (χ3v) is 5.84. The van der Waals surface area contributed by atoms with Crippen LogP contribution in [0.25, 0.3) is 21.8 Å². The number of hydrogen-bond acceptors (Lipinski definition) is 6. The van der Waals surface area contributed by atoms with E-state index in [0.717, 1.165) is 31.6 Å². The molecule has 0 atom stereocenters.